The van der Waals surface area contributed by atoms with Crippen LogP contribution in [0.1, 0.15) is 43.4 Å². The van der Waals surface area contributed by atoms with E-state index in [2.05, 4.69) is 0 Å². The highest BCUT2D eigenvalue weighted by atomic mass is 35.5. The van der Waals surface area contributed by atoms with Crippen LogP contribution in [-0.4, -0.2) is 0 Å². The maximum Gasteiger partial charge on any atom is 0.0564 e. The van der Waals surface area contributed by atoms with Crippen LogP contribution in [-0.2, 0) is 5.54 Å². The van der Waals surface area contributed by atoms with Crippen molar-refractivity contribution in [3.63, 3.8) is 0 Å². The van der Waals surface area contributed by atoms with Gasteiger partial charge in [0.05, 0.1) is 10.6 Å². The molecule has 0 saturated heterocycles. The monoisotopic (exact) mass is 229 g/mol. The van der Waals surface area contributed by atoms with Gasteiger partial charge in [-0.2, -0.15) is 0 Å². The Kier molecular flexibility index (Phi) is 3.15. The van der Waals surface area contributed by atoms with Gasteiger partial charge in [0.2, 0.25) is 0 Å². The Balaban J connectivity index is 2.25. The van der Waals surface area contributed by atoms with Crippen LogP contribution in [0.2, 0.25) is 5.02 Å². The molecule has 1 aromatic heterocycles. The van der Waals surface area contributed by atoms with Crippen molar-refractivity contribution in [2.45, 2.75) is 44.1 Å². The van der Waals surface area contributed by atoms with Crippen molar-refractivity contribution in [2.75, 3.05) is 0 Å². The second-order valence-electron chi connectivity index (χ2n) is 4.17. The molecule has 1 saturated carbocycles. The van der Waals surface area contributed by atoms with Crippen molar-refractivity contribution >= 4 is 22.9 Å². The first-order chi connectivity index (χ1) is 6.72. The van der Waals surface area contributed by atoms with Crippen molar-refractivity contribution in [2.24, 2.45) is 5.73 Å². The third kappa shape index (κ3) is 1.97. The van der Waals surface area contributed by atoms with Crippen molar-refractivity contribution in [3.05, 3.63) is 21.3 Å². The van der Waals surface area contributed by atoms with Gasteiger partial charge in [0.15, 0.2) is 0 Å². The van der Waals surface area contributed by atoms with Crippen LogP contribution < -0.4 is 5.73 Å². The molecule has 0 atom stereocenters. The standard InChI is InChI=1S/C11H16ClNS/c12-9-5-8-14-10(9)11(13)6-3-1-2-4-7-11/h5,8H,1-4,6-7,13H2. The maximum atomic E-state index is 6.45. The smallest absolute Gasteiger partial charge is 0.0564 e. The average molecular weight is 230 g/mol. The largest absolute Gasteiger partial charge is 0.321 e. The molecule has 1 aliphatic carbocycles. The average Bonchev–Trinajstić information content (AvgIpc) is 2.46. The summed E-state index contributed by atoms with van der Waals surface area (Å²) in [4.78, 5) is 1.20. The summed E-state index contributed by atoms with van der Waals surface area (Å²) in [5.74, 6) is 0. The van der Waals surface area contributed by atoms with Gasteiger partial charge < -0.3 is 5.73 Å². The lowest BCUT2D eigenvalue weighted by atomic mass is 9.90. The number of thiophene rings is 1. The molecule has 1 heterocycles. The van der Waals surface area contributed by atoms with Gasteiger partial charge in [-0.1, -0.05) is 37.3 Å². The van der Waals surface area contributed by atoms with Crippen molar-refractivity contribution in [1.29, 1.82) is 0 Å². The van der Waals surface area contributed by atoms with E-state index in [9.17, 15) is 0 Å². The number of rotatable bonds is 1. The summed E-state index contributed by atoms with van der Waals surface area (Å²) >= 11 is 7.85. The fourth-order valence-electron chi connectivity index (χ4n) is 2.24. The van der Waals surface area contributed by atoms with Crippen LogP contribution in [0.4, 0.5) is 0 Å². The Morgan fingerprint density at radius 2 is 1.86 bits per heavy atom. The lowest BCUT2D eigenvalue weighted by Gasteiger charge is -2.27. The molecular weight excluding hydrogens is 214 g/mol. The van der Waals surface area contributed by atoms with Crippen molar-refractivity contribution < 1.29 is 0 Å². The minimum absolute atomic E-state index is 0.137. The summed E-state index contributed by atoms with van der Waals surface area (Å²) in [7, 11) is 0. The predicted molar refractivity (Wildman–Crippen MR) is 62.9 cm³/mol. The van der Waals surface area contributed by atoms with E-state index in [0.717, 1.165) is 17.9 Å². The van der Waals surface area contributed by atoms with Crippen LogP contribution in [0, 0.1) is 0 Å². The predicted octanol–water partition coefficient (Wildman–Crippen LogP) is 3.91. The molecule has 0 aromatic carbocycles. The lowest BCUT2D eigenvalue weighted by Crippen LogP contribution is -2.35. The van der Waals surface area contributed by atoms with Gasteiger partial charge in [0.1, 0.15) is 0 Å². The van der Waals surface area contributed by atoms with Gasteiger partial charge in [-0.3, -0.25) is 0 Å². The van der Waals surface area contributed by atoms with E-state index in [-0.39, 0.29) is 5.54 Å². The highest BCUT2D eigenvalue weighted by molar-refractivity contribution is 7.10. The molecule has 0 amide bonds. The zero-order valence-corrected chi connectivity index (χ0v) is 9.83. The van der Waals surface area contributed by atoms with Crippen LogP contribution in [0.5, 0.6) is 0 Å². The summed E-state index contributed by atoms with van der Waals surface area (Å²) in [6, 6.07) is 1.96. The van der Waals surface area contributed by atoms with Crippen LogP contribution >= 0.6 is 22.9 Å². The Labute approximate surface area is 94.3 Å². The zero-order valence-electron chi connectivity index (χ0n) is 8.26. The van der Waals surface area contributed by atoms with E-state index in [0.29, 0.717) is 0 Å². The van der Waals surface area contributed by atoms with Gasteiger partial charge in [-0.05, 0) is 24.3 Å². The van der Waals surface area contributed by atoms with Crippen molar-refractivity contribution in [3.8, 4) is 0 Å². The molecule has 3 heteroatoms. The normalized spacial score (nSPS) is 21.9. The summed E-state index contributed by atoms with van der Waals surface area (Å²) in [5, 5.41) is 2.90. The Hall–Kier alpha value is -0.0500. The summed E-state index contributed by atoms with van der Waals surface area (Å²) < 4.78 is 0. The molecule has 2 N–H and O–H groups in total. The highest BCUT2D eigenvalue weighted by Crippen LogP contribution is 2.39. The minimum atomic E-state index is -0.137. The first-order valence-corrected chi connectivity index (χ1v) is 6.50. The first kappa shape index (κ1) is 10.5. The highest BCUT2D eigenvalue weighted by Gasteiger charge is 2.31. The van der Waals surface area contributed by atoms with Crippen LogP contribution in [0.15, 0.2) is 11.4 Å². The van der Waals surface area contributed by atoms with Gasteiger partial charge in [-0.15, -0.1) is 11.3 Å². The molecule has 0 bridgehead atoms. The van der Waals surface area contributed by atoms with E-state index >= 15 is 0 Å². The van der Waals surface area contributed by atoms with Gasteiger partial charge in [0.25, 0.3) is 0 Å². The molecule has 2 rings (SSSR count). The van der Waals surface area contributed by atoms with E-state index in [4.69, 9.17) is 17.3 Å². The lowest BCUT2D eigenvalue weighted by molar-refractivity contribution is 0.393. The number of halogens is 1. The molecule has 1 aliphatic rings. The Morgan fingerprint density at radius 1 is 1.21 bits per heavy atom. The molecule has 78 valence electrons. The Morgan fingerprint density at radius 3 is 2.36 bits per heavy atom. The Bertz CT molecular complexity index is 300. The molecule has 1 aromatic rings. The minimum Gasteiger partial charge on any atom is -0.321 e. The van der Waals surface area contributed by atoms with Gasteiger partial charge >= 0.3 is 0 Å². The topological polar surface area (TPSA) is 26.0 Å². The molecule has 0 unspecified atom stereocenters. The molecule has 0 aliphatic heterocycles. The van der Waals surface area contributed by atoms with Crippen molar-refractivity contribution in [1.82, 2.24) is 0 Å². The SMILES string of the molecule is NC1(c2sccc2Cl)CCCCCC1. The van der Waals surface area contributed by atoms with E-state index < -0.39 is 0 Å². The summed E-state index contributed by atoms with van der Waals surface area (Å²) in [6.07, 6.45) is 7.31. The van der Waals surface area contributed by atoms with E-state index in [1.54, 1.807) is 11.3 Å². The molecule has 1 nitrogen and oxygen atoms in total. The molecular formula is C11H16ClNS. The second kappa shape index (κ2) is 4.21. The quantitative estimate of drug-likeness (QED) is 0.726. The zero-order chi connectivity index (χ0) is 10.0. The maximum absolute atomic E-state index is 6.45. The number of nitrogens with two attached hydrogens (primary N) is 1. The summed E-state index contributed by atoms with van der Waals surface area (Å²) in [5.41, 5.74) is 6.31. The fourth-order valence-corrected chi connectivity index (χ4v) is 3.65. The third-order valence-electron chi connectivity index (χ3n) is 3.07. The second-order valence-corrected chi connectivity index (χ2v) is 5.49. The molecule has 14 heavy (non-hydrogen) atoms. The third-order valence-corrected chi connectivity index (χ3v) is 4.63. The van der Waals surface area contributed by atoms with E-state index in [1.165, 1.54) is 30.6 Å². The molecule has 0 radical (unpaired) electrons. The van der Waals surface area contributed by atoms with Gasteiger partial charge in [0, 0.05) is 4.88 Å². The number of hydrogen-bond acceptors (Lipinski definition) is 2. The molecule has 1 fully saturated rings. The number of hydrogen-bond donors (Lipinski definition) is 1. The van der Waals surface area contributed by atoms with E-state index in [1.807, 2.05) is 11.4 Å². The fraction of sp³-hybridized carbons (Fsp3) is 0.636. The first-order valence-electron chi connectivity index (χ1n) is 5.25. The molecule has 0 spiro atoms. The van der Waals surface area contributed by atoms with Gasteiger partial charge in [-0.25, -0.2) is 0 Å². The van der Waals surface area contributed by atoms with Crippen LogP contribution in [0.25, 0.3) is 0 Å². The summed E-state index contributed by atoms with van der Waals surface area (Å²) in [6.45, 7) is 0. The van der Waals surface area contributed by atoms with Crippen LogP contribution in [0.3, 0.4) is 0 Å².